The minimum Gasteiger partial charge on any atom is -0.355 e. The number of rotatable bonds is 5. The number of nitrogens with zero attached hydrogens (tertiary/aromatic N) is 3. The highest BCUT2D eigenvalue weighted by atomic mass is 15.2. The lowest BCUT2D eigenvalue weighted by atomic mass is 9.90. The van der Waals surface area contributed by atoms with Crippen LogP contribution in [0.1, 0.15) is 62.8 Å². The second-order valence-corrected chi connectivity index (χ2v) is 8.15. The van der Waals surface area contributed by atoms with E-state index in [1.807, 2.05) is 0 Å². The summed E-state index contributed by atoms with van der Waals surface area (Å²) >= 11 is 0. The largest absolute Gasteiger partial charge is 0.355 e. The van der Waals surface area contributed by atoms with Gasteiger partial charge in [0, 0.05) is 18.5 Å². The lowest BCUT2D eigenvalue weighted by Crippen LogP contribution is -2.30. The van der Waals surface area contributed by atoms with Crippen LogP contribution in [0, 0.1) is 23.2 Å². The Balaban J connectivity index is 1.72. The molecule has 2 fully saturated rings. The van der Waals surface area contributed by atoms with Crippen LogP contribution in [0.4, 0.5) is 5.82 Å². The van der Waals surface area contributed by atoms with E-state index in [-0.39, 0.29) is 5.41 Å². The molecule has 0 saturated heterocycles. The maximum absolute atomic E-state index is 9.61. The molecule has 3 nitrogen and oxygen atoms in total. The standard InChI is InChI=1S/C19H25N3/c1-19(2)8-7-15-9-16(10-20)18(21-17(15)19)22(11-13-3-4-13)12-14-5-6-14/h9,13-14H,3-8,11-12H2,1-2H3. The third-order valence-electron chi connectivity index (χ3n) is 5.51. The number of hydrogen-bond donors (Lipinski definition) is 0. The first kappa shape index (κ1) is 14.1. The summed E-state index contributed by atoms with van der Waals surface area (Å²) in [6, 6.07) is 4.54. The summed E-state index contributed by atoms with van der Waals surface area (Å²) < 4.78 is 0. The second-order valence-electron chi connectivity index (χ2n) is 8.15. The van der Waals surface area contributed by atoms with Gasteiger partial charge < -0.3 is 4.90 Å². The van der Waals surface area contributed by atoms with Crippen LogP contribution in [-0.2, 0) is 11.8 Å². The van der Waals surface area contributed by atoms with Gasteiger partial charge in [0.2, 0.25) is 0 Å². The summed E-state index contributed by atoms with van der Waals surface area (Å²) in [4.78, 5) is 7.48. The monoisotopic (exact) mass is 295 g/mol. The lowest BCUT2D eigenvalue weighted by Gasteiger charge is -2.27. The van der Waals surface area contributed by atoms with Gasteiger partial charge in [-0.05, 0) is 62.0 Å². The van der Waals surface area contributed by atoms with E-state index in [0.29, 0.717) is 0 Å². The van der Waals surface area contributed by atoms with Gasteiger partial charge in [0.25, 0.3) is 0 Å². The van der Waals surface area contributed by atoms with E-state index in [1.54, 1.807) is 0 Å². The molecule has 0 bridgehead atoms. The van der Waals surface area contributed by atoms with Crippen LogP contribution in [0.2, 0.25) is 0 Å². The van der Waals surface area contributed by atoms with Gasteiger partial charge in [-0.1, -0.05) is 13.8 Å². The maximum Gasteiger partial charge on any atom is 0.146 e. The van der Waals surface area contributed by atoms with Crippen LogP contribution in [0.25, 0.3) is 0 Å². The van der Waals surface area contributed by atoms with Crippen LogP contribution in [0.3, 0.4) is 0 Å². The van der Waals surface area contributed by atoms with E-state index in [2.05, 4.69) is 30.9 Å². The van der Waals surface area contributed by atoms with E-state index >= 15 is 0 Å². The van der Waals surface area contributed by atoms with Gasteiger partial charge in [0.05, 0.1) is 11.3 Å². The van der Waals surface area contributed by atoms with Crippen molar-refractivity contribution < 1.29 is 0 Å². The van der Waals surface area contributed by atoms with Crippen molar-refractivity contribution in [3.63, 3.8) is 0 Å². The van der Waals surface area contributed by atoms with Gasteiger partial charge in [-0.2, -0.15) is 5.26 Å². The summed E-state index contributed by atoms with van der Waals surface area (Å²) in [5, 5.41) is 9.61. The van der Waals surface area contributed by atoms with Crippen LogP contribution in [0.5, 0.6) is 0 Å². The molecule has 4 rings (SSSR count). The molecule has 0 atom stereocenters. The average molecular weight is 295 g/mol. The zero-order chi connectivity index (χ0) is 15.3. The van der Waals surface area contributed by atoms with Crippen molar-refractivity contribution in [3.8, 4) is 6.07 Å². The molecule has 0 amide bonds. The fourth-order valence-electron chi connectivity index (χ4n) is 3.68. The van der Waals surface area contributed by atoms with Crippen molar-refractivity contribution in [3.05, 3.63) is 22.9 Å². The number of fused-ring (bicyclic) bond motifs is 1. The van der Waals surface area contributed by atoms with Crippen molar-refractivity contribution in [1.82, 2.24) is 4.98 Å². The second kappa shape index (κ2) is 4.98. The predicted octanol–water partition coefficient (Wildman–Crippen LogP) is 3.80. The Hall–Kier alpha value is -1.56. The molecule has 0 N–H and O–H groups in total. The normalized spacial score (nSPS) is 22.2. The van der Waals surface area contributed by atoms with E-state index in [1.165, 1.54) is 36.9 Å². The molecule has 1 aromatic heterocycles. The topological polar surface area (TPSA) is 39.9 Å². The van der Waals surface area contributed by atoms with Crippen molar-refractivity contribution in [2.75, 3.05) is 18.0 Å². The maximum atomic E-state index is 9.61. The summed E-state index contributed by atoms with van der Waals surface area (Å²) in [7, 11) is 0. The Kier molecular flexibility index (Phi) is 3.18. The highest BCUT2D eigenvalue weighted by Gasteiger charge is 2.35. The van der Waals surface area contributed by atoms with Gasteiger partial charge in [0.15, 0.2) is 0 Å². The quantitative estimate of drug-likeness (QED) is 0.829. The van der Waals surface area contributed by atoms with Crippen LogP contribution in [0.15, 0.2) is 6.07 Å². The van der Waals surface area contributed by atoms with E-state index in [9.17, 15) is 5.26 Å². The number of anilines is 1. The molecular weight excluding hydrogens is 270 g/mol. The Morgan fingerprint density at radius 3 is 2.41 bits per heavy atom. The van der Waals surface area contributed by atoms with Crippen LogP contribution in [-0.4, -0.2) is 18.1 Å². The zero-order valence-electron chi connectivity index (χ0n) is 13.7. The highest BCUT2D eigenvalue weighted by Crippen LogP contribution is 2.41. The van der Waals surface area contributed by atoms with E-state index < -0.39 is 0 Å². The number of pyridine rings is 1. The van der Waals surface area contributed by atoms with E-state index in [4.69, 9.17) is 4.98 Å². The third kappa shape index (κ3) is 2.60. The summed E-state index contributed by atoms with van der Waals surface area (Å²) in [5.41, 5.74) is 3.47. The summed E-state index contributed by atoms with van der Waals surface area (Å²) in [5.74, 6) is 2.62. The van der Waals surface area contributed by atoms with Gasteiger partial charge in [-0.15, -0.1) is 0 Å². The average Bonchev–Trinajstić information content (AvgIpc) is 3.40. The predicted molar refractivity (Wildman–Crippen MR) is 88.0 cm³/mol. The number of nitriles is 1. The van der Waals surface area contributed by atoms with Gasteiger partial charge in [-0.3, -0.25) is 0 Å². The molecule has 3 heteroatoms. The van der Waals surface area contributed by atoms with Crippen molar-refractivity contribution in [1.29, 1.82) is 5.26 Å². The van der Waals surface area contributed by atoms with E-state index in [0.717, 1.165) is 49.1 Å². The third-order valence-corrected chi connectivity index (χ3v) is 5.51. The first-order valence-electron chi connectivity index (χ1n) is 8.76. The minimum atomic E-state index is 0.156. The van der Waals surface area contributed by atoms with Crippen molar-refractivity contribution >= 4 is 5.82 Å². The zero-order valence-corrected chi connectivity index (χ0v) is 13.7. The lowest BCUT2D eigenvalue weighted by molar-refractivity contribution is 0.508. The molecule has 1 heterocycles. The molecule has 3 aliphatic rings. The molecule has 1 aromatic rings. The molecule has 3 aliphatic carbocycles. The summed E-state index contributed by atoms with van der Waals surface area (Å²) in [6.45, 7) is 6.76. The Labute approximate surface area is 133 Å². The Bertz CT molecular complexity index is 619. The molecule has 22 heavy (non-hydrogen) atoms. The smallest absolute Gasteiger partial charge is 0.146 e. The molecule has 0 radical (unpaired) electrons. The van der Waals surface area contributed by atoms with Crippen LogP contribution < -0.4 is 4.90 Å². The molecule has 0 aromatic carbocycles. The molecule has 0 unspecified atom stereocenters. The highest BCUT2D eigenvalue weighted by molar-refractivity contribution is 5.58. The molecule has 0 aliphatic heterocycles. The fourth-order valence-corrected chi connectivity index (χ4v) is 3.68. The number of aromatic nitrogens is 1. The molecule has 0 spiro atoms. The fraction of sp³-hybridized carbons (Fsp3) is 0.684. The van der Waals surface area contributed by atoms with Gasteiger partial charge in [0.1, 0.15) is 11.9 Å². The number of hydrogen-bond acceptors (Lipinski definition) is 3. The Morgan fingerprint density at radius 1 is 1.23 bits per heavy atom. The van der Waals surface area contributed by atoms with Crippen molar-refractivity contribution in [2.45, 2.75) is 57.8 Å². The molecule has 2 saturated carbocycles. The first-order valence-corrected chi connectivity index (χ1v) is 8.76. The Morgan fingerprint density at radius 2 is 1.86 bits per heavy atom. The summed E-state index contributed by atoms with van der Waals surface area (Å²) in [6.07, 6.45) is 7.60. The minimum absolute atomic E-state index is 0.156. The van der Waals surface area contributed by atoms with Gasteiger partial charge in [-0.25, -0.2) is 4.98 Å². The SMILES string of the molecule is CC1(C)CCc2cc(C#N)c(N(CC3CC3)CC3CC3)nc21. The molecule has 116 valence electrons. The van der Waals surface area contributed by atoms with Crippen molar-refractivity contribution in [2.24, 2.45) is 11.8 Å². The van der Waals surface area contributed by atoms with Gasteiger partial charge >= 0.3 is 0 Å². The molecular formula is C19H25N3. The number of aryl methyl sites for hydroxylation is 1. The first-order chi connectivity index (χ1) is 10.6. The van der Waals surface area contributed by atoms with Crippen LogP contribution >= 0.6 is 0 Å².